The Morgan fingerprint density at radius 2 is 2.10 bits per heavy atom. The van der Waals surface area contributed by atoms with E-state index in [9.17, 15) is 4.79 Å². The largest absolute Gasteiger partial charge is 0.452 e. The van der Waals surface area contributed by atoms with E-state index in [1.807, 2.05) is 0 Å². The maximum atomic E-state index is 12.0. The van der Waals surface area contributed by atoms with Crippen molar-refractivity contribution in [3.05, 3.63) is 51.9 Å². The first-order valence-corrected chi connectivity index (χ1v) is 6.10. The summed E-state index contributed by atoms with van der Waals surface area (Å²) in [5, 5.41) is 14.3. The van der Waals surface area contributed by atoms with Crippen molar-refractivity contribution in [2.75, 3.05) is 5.32 Å². The van der Waals surface area contributed by atoms with Crippen molar-refractivity contribution in [1.82, 2.24) is 0 Å². The van der Waals surface area contributed by atoms with Crippen LogP contribution >= 0.6 is 23.2 Å². The lowest BCUT2D eigenvalue weighted by molar-refractivity contribution is 0.102. The number of nitrogens with zero attached hydrogens (tertiary/aromatic N) is 1. The predicted molar refractivity (Wildman–Crippen MR) is 75.6 cm³/mol. The summed E-state index contributed by atoms with van der Waals surface area (Å²) in [5.41, 5.74) is 6.36. The summed E-state index contributed by atoms with van der Waals surface area (Å²) in [7, 11) is 0. The molecule has 20 heavy (non-hydrogen) atoms. The highest BCUT2D eigenvalue weighted by molar-refractivity contribution is 6.35. The second-order valence-corrected chi connectivity index (χ2v) is 4.49. The lowest BCUT2D eigenvalue weighted by atomic mass is 10.2. The maximum absolute atomic E-state index is 12.0. The number of carbonyl (C=O) groups excluding carboxylic acids is 1. The third-order valence-electron chi connectivity index (χ3n) is 2.48. The highest BCUT2D eigenvalue weighted by Crippen LogP contribution is 2.25. The third-order valence-corrected chi connectivity index (χ3v) is 3.10. The Labute approximate surface area is 123 Å². The number of rotatable bonds is 3. The number of carbonyl (C=O) groups is 1. The molecule has 0 unspecified atom stereocenters. The number of amidine groups is 1. The van der Waals surface area contributed by atoms with Crippen LogP contribution in [0.1, 0.15) is 15.9 Å². The minimum atomic E-state index is -0.484. The van der Waals surface area contributed by atoms with E-state index >= 15 is 0 Å². The average molecular weight is 314 g/mol. The fourth-order valence-electron chi connectivity index (χ4n) is 1.48. The van der Waals surface area contributed by atoms with Crippen molar-refractivity contribution in [3.63, 3.8) is 0 Å². The molecule has 1 aromatic carbocycles. The summed E-state index contributed by atoms with van der Waals surface area (Å²) in [6, 6.07) is 5.97. The van der Waals surface area contributed by atoms with Crippen molar-refractivity contribution in [2.45, 2.75) is 0 Å². The number of nitrogens with one attached hydrogen (secondary N) is 1. The fourth-order valence-corrected chi connectivity index (χ4v) is 1.85. The molecule has 2 rings (SSSR count). The molecule has 0 radical (unpaired) electrons. The molecule has 0 atom stereocenters. The van der Waals surface area contributed by atoms with E-state index in [4.69, 9.17) is 38.6 Å². The van der Waals surface area contributed by atoms with E-state index in [2.05, 4.69) is 10.5 Å². The zero-order valence-corrected chi connectivity index (χ0v) is 11.4. The number of hydrogen-bond acceptors (Lipinski definition) is 4. The summed E-state index contributed by atoms with van der Waals surface area (Å²) in [6.45, 7) is 0. The zero-order chi connectivity index (χ0) is 14.7. The van der Waals surface area contributed by atoms with Crippen molar-refractivity contribution in [3.8, 4) is 0 Å². The van der Waals surface area contributed by atoms with E-state index in [1.54, 1.807) is 6.07 Å². The molecule has 0 bridgehead atoms. The van der Waals surface area contributed by atoms with E-state index in [0.29, 0.717) is 16.3 Å². The summed E-state index contributed by atoms with van der Waals surface area (Å²) in [6.07, 6.45) is 1.30. The van der Waals surface area contributed by atoms with Crippen LogP contribution in [0.5, 0.6) is 0 Å². The molecule has 0 spiro atoms. The maximum Gasteiger partial charge on any atom is 0.260 e. The monoisotopic (exact) mass is 313 g/mol. The molecule has 0 aliphatic rings. The van der Waals surface area contributed by atoms with Gasteiger partial charge in [0.25, 0.3) is 5.91 Å². The molecule has 1 heterocycles. The van der Waals surface area contributed by atoms with Gasteiger partial charge in [0.05, 0.1) is 22.5 Å². The lowest BCUT2D eigenvalue weighted by Gasteiger charge is -2.08. The highest BCUT2D eigenvalue weighted by Gasteiger charge is 2.15. The number of oxime groups is 1. The number of nitrogens with two attached hydrogens (primary N) is 1. The van der Waals surface area contributed by atoms with Gasteiger partial charge in [-0.15, -0.1) is 0 Å². The molecule has 0 aliphatic heterocycles. The van der Waals surface area contributed by atoms with Crippen LogP contribution in [-0.4, -0.2) is 17.0 Å². The number of benzene rings is 1. The highest BCUT2D eigenvalue weighted by atomic mass is 35.5. The van der Waals surface area contributed by atoms with E-state index < -0.39 is 5.91 Å². The molecule has 0 aliphatic carbocycles. The van der Waals surface area contributed by atoms with Gasteiger partial charge in [-0.25, -0.2) is 0 Å². The van der Waals surface area contributed by atoms with Gasteiger partial charge in [-0.2, -0.15) is 0 Å². The van der Waals surface area contributed by atoms with Crippen LogP contribution in [0.25, 0.3) is 0 Å². The normalized spacial score (nSPS) is 11.4. The van der Waals surface area contributed by atoms with Crippen LogP contribution in [0.15, 0.2) is 40.1 Å². The van der Waals surface area contributed by atoms with Gasteiger partial charge in [-0.1, -0.05) is 16.8 Å². The Morgan fingerprint density at radius 3 is 2.70 bits per heavy atom. The van der Waals surface area contributed by atoms with Crippen LogP contribution < -0.4 is 11.1 Å². The Bertz CT molecular complexity index is 682. The Kier molecular flexibility index (Phi) is 4.16. The van der Waals surface area contributed by atoms with Crippen LogP contribution in [0.3, 0.4) is 0 Å². The summed E-state index contributed by atoms with van der Waals surface area (Å²) < 4.78 is 4.83. The fraction of sp³-hybridized carbons (Fsp3) is 0. The van der Waals surface area contributed by atoms with Gasteiger partial charge in [0.1, 0.15) is 0 Å². The number of furan rings is 1. The molecule has 1 aromatic heterocycles. The molecular formula is C12H9Cl2N3O3. The van der Waals surface area contributed by atoms with Gasteiger partial charge < -0.3 is 20.7 Å². The van der Waals surface area contributed by atoms with Gasteiger partial charge >= 0.3 is 0 Å². The Balaban J connectivity index is 2.29. The van der Waals surface area contributed by atoms with E-state index in [0.717, 1.165) is 0 Å². The van der Waals surface area contributed by atoms with Crippen LogP contribution in [0.2, 0.25) is 10.2 Å². The molecule has 2 aromatic rings. The van der Waals surface area contributed by atoms with Gasteiger partial charge in [-0.05, 0) is 35.9 Å². The predicted octanol–water partition coefficient (Wildman–Crippen LogP) is 2.93. The molecule has 4 N–H and O–H groups in total. The van der Waals surface area contributed by atoms with Gasteiger partial charge in [-0.3, -0.25) is 4.79 Å². The van der Waals surface area contributed by atoms with Crippen molar-refractivity contribution < 1.29 is 14.4 Å². The zero-order valence-electron chi connectivity index (χ0n) is 9.93. The molecule has 104 valence electrons. The topological polar surface area (TPSA) is 101 Å². The van der Waals surface area contributed by atoms with Crippen LogP contribution in [-0.2, 0) is 0 Å². The number of hydrogen-bond donors (Lipinski definition) is 3. The second-order valence-electron chi connectivity index (χ2n) is 3.74. The first-order chi connectivity index (χ1) is 9.52. The summed E-state index contributed by atoms with van der Waals surface area (Å²) >= 11 is 11.7. The number of anilines is 1. The van der Waals surface area contributed by atoms with Crippen LogP contribution in [0.4, 0.5) is 5.69 Å². The van der Waals surface area contributed by atoms with Crippen molar-refractivity contribution >= 4 is 40.6 Å². The molecule has 0 saturated heterocycles. The standard InChI is InChI=1S/C12H9Cl2N3O3/c13-8-2-1-6(11(15)17-19)5-9(8)16-12(18)7-3-4-20-10(7)14/h1-5,19H,(H2,15,17)(H,16,18). The SMILES string of the molecule is N/C(=N/O)c1ccc(Cl)c(NC(=O)c2ccoc2Cl)c1. The first-order valence-electron chi connectivity index (χ1n) is 5.34. The quantitative estimate of drug-likeness (QED) is 0.351. The minimum absolute atomic E-state index is 0.0220. The molecule has 0 fully saturated rings. The Morgan fingerprint density at radius 1 is 1.35 bits per heavy atom. The smallest absolute Gasteiger partial charge is 0.260 e. The first kappa shape index (κ1) is 14.2. The van der Waals surface area contributed by atoms with E-state index in [1.165, 1.54) is 24.5 Å². The third kappa shape index (κ3) is 2.87. The second kappa shape index (κ2) is 5.85. The molecule has 6 nitrogen and oxygen atoms in total. The molecule has 8 heteroatoms. The van der Waals surface area contributed by atoms with Crippen LogP contribution in [0, 0.1) is 0 Å². The van der Waals surface area contributed by atoms with Gasteiger partial charge in [0.2, 0.25) is 5.22 Å². The summed E-state index contributed by atoms with van der Waals surface area (Å²) in [4.78, 5) is 12.0. The molecular weight excluding hydrogens is 305 g/mol. The van der Waals surface area contributed by atoms with Crippen molar-refractivity contribution in [2.24, 2.45) is 10.9 Å². The lowest BCUT2D eigenvalue weighted by Crippen LogP contribution is -2.15. The average Bonchev–Trinajstić information content (AvgIpc) is 2.86. The molecule has 1 amide bonds. The molecule has 0 saturated carbocycles. The minimum Gasteiger partial charge on any atom is -0.452 e. The van der Waals surface area contributed by atoms with Gasteiger partial charge in [0.15, 0.2) is 5.84 Å². The summed E-state index contributed by atoms with van der Waals surface area (Å²) in [5.74, 6) is -0.583. The number of amides is 1. The van der Waals surface area contributed by atoms with E-state index in [-0.39, 0.29) is 16.6 Å². The van der Waals surface area contributed by atoms with Gasteiger partial charge in [0, 0.05) is 5.56 Å². The Hall–Kier alpha value is -2.18. The van der Waals surface area contributed by atoms with Crippen molar-refractivity contribution in [1.29, 1.82) is 0 Å². The number of halogens is 2.